The van der Waals surface area contributed by atoms with Gasteiger partial charge in [0, 0.05) is 32.2 Å². The van der Waals surface area contributed by atoms with Crippen molar-refractivity contribution >= 4 is 11.8 Å². The van der Waals surface area contributed by atoms with Crippen molar-refractivity contribution in [3.8, 4) is 0 Å². The Morgan fingerprint density at radius 2 is 1.75 bits per heavy atom. The molecule has 0 radical (unpaired) electrons. The standard InChI is InChI=1S/C23H31N3O2/c1-25(22(15-6-7-15)16-8-9-16)21(27)14-20-23(28)24-10-11-26(20)19-12-17-4-2-3-5-18(17)13-19/h2-5,15-16,19-20,22H,6-14H2,1H3,(H,24,28). The number of hydrogen-bond acceptors (Lipinski definition) is 3. The molecule has 1 unspecified atom stereocenters. The molecule has 150 valence electrons. The summed E-state index contributed by atoms with van der Waals surface area (Å²) in [7, 11) is 1.97. The minimum atomic E-state index is -0.331. The molecule has 0 aromatic heterocycles. The van der Waals surface area contributed by atoms with Gasteiger partial charge in [-0.1, -0.05) is 24.3 Å². The molecule has 1 saturated heterocycles. The molecule has 1 N–H and O–H groups in total. The summed E-state index contributed by atoms with van der Waals surface area (Å²) in [6.07, 6.45) is 7.31. The Morgan fingerprint density at radius 1 is 1.14 bits per heavy atom. The number of hydrogen-bond donors (Lipinski definition) is 1. The van der Waals surface area contributed by atoms with Gasteiger partial charge in [-0.25, -0.2) is 0 Å². The van der Waals surface area contributed by atoms with Gasteiger partial charge in [0.25, 0.3) is 0 Å². The highest BCUT2D eigenvalue weighted by molar-refractivity contribution is 5.89. The summed E-state index contributed by atoms with van der Waals surface area (Å²) < 4.78 is 0. The van der Waals surface area contributed by atoms with Crippen LogP contribution in [0, 0.1) is 11.8 Å². The van der Waals surface area contributed by atoms with E-state index in [-0.39, 0.29) is 17.9 Å². The molecule has 1 aromatic rings. The van der Waals surface area contributed by atoms with E-state index in [1.54, 1.807) is 0 Å². The summed E-state index contributed by atoms with van der Waals surface area (Å²) in [6.45, 7) is 1.51. The third-order valence-corrected chi connectivity index (χ3v) is 7.29. The maximum Gasteiger partial charge on any atom is 0.237 e. The molecule has 3 aliphatic carbocycles. The van der Waals surface area contributed by atoms with Crippen LogP contribution in [0.5, 0.6) is 0 Å². The zero-order valence-corrected chi connectivity index (χ0v) is 16.8. The molecule has 2 amide bonds. The van der Waals surface area contributed by atoms with Crippen LogP contribution in [0.25, 0.3) is 0 Å². The number of benzene rings is 1. The monoisotopic (exact) mass is 381 g/mol. The van der Waals surface area contributed by atoms with E-state index in [1.807, 2.05) is 11.9 Å². The van der Waals surface area contributed by atoms with Crippen molar-refractivity contribution in [3.05, 3.63) is 35.4 Å². The first-order valence-electron chi connectivity index (χ1n) is 11.0. The summed E-state index contributed by atoms with van der Waals surface area (Å²) in [5.41, 5.74) is 2.78. The van der Waals surface area contributed by atoms with Crippen LogP contribution in [-0.2, 0) is 22.4 Å². The molecule has 1 aliphatic heterocycles. The van der Waals surface area contributed by atoms with Crippen molar-refractivity contribution in [2.75, 3.05) is 20.1 Å². The summed E-state index contributed by atoms with van der Waals surface area (Å²) >= 11 is 0. The fraction of sp³-hybridized carbons (Fsp3) is 0.652. The smallest absolute Gasteiger partial charge is 0.237 e. The topological polar surface area (TPSA) is 52.7 Å². The predicted octanol–water partition coefficient (Wildman–Crippen LogP) is 1.99. The van der Waals surface area contributed by atoms with Crippen LogP contribution < -0.4 is 5.32 Å². The van der Waals surface area contributed by atoms with E-state index in [9.17, 15) is 9.59 Å². The van der Waals surface area contributed by atoms with E-state index in [0.29, 0.717) is 36.9 Å². The average molecular weight is 382 g/mol. The van der Waals surface area contributed by atoms with E-state index in [4.69, 9.17) is 0 Å². The summed E-state index contributed by atoms with van der Waals surface area (Å²) in [4.78, 5) is 30.2. The van der Waals surface area contributed by atoms with Crippen LogP contribution in [0.4, 0.5) is 0 Å². The molecule has 1 aromatic carbocycles. The fourth-order valence-corrected chi connectivity index (χ4v) is 5.52. The number of amides is 2. The van der Waals surface area contributed by atoms with E-state index >= 15 is 0 Å². The number of fused-ring (bicyclic) bond motifs is 1. The van der Waals surface area contributed by atoms with Gasteiger partial charge in [0.1, 0.15) is 0 Å². The van der Waals surface area contributed by atoms with Gasteiger partial charge in [0.15, 0.2) is 0 Å². The van der Waals surface area contributed by atoms with Crippen LogP contribution in [0.15, 0.2) is 24.3 Å². The lowest BCUT2D eigenvalue weighted by Crippen LogP contribution is -2.60. The van der Waals surface area contributed by atoms with Gasteiger partial charge in [0.05, 0.1) is 12.5 Å². The lowest BCUT2D eigenvalue weighted by Gasteiger charge is -2.40. The first kappa shape index (κ1) is 18.2. The zero-order chi connectivity index (χ0) is 19.3. The summed E-state index contributed by atoms with van der Waals surface area (Å²) in [5, 5.41) is 3.00. The second-order valence-corrected chi connectivity index (χ2v) is 9.25. The van der Waals surface area contributed by atoms with Crippen LogP contribution in [0.3, 0.4) is 0 Å². The van der Waals surface area contributed by atoms with E-state index in [0.717, 1.165) is 19.4 Å². The van der Waals surface area contributed by atoms with Gasteiger partial charge >= 0.3 is 0 Å². The molecule has 0 spiro atoms. The Kier molecular flexibility index (Phi) is 4.66. The highest BCUT2D eigenvalue weighted by Crippen LogP contribution is 2.47. The Balaban J connectivity index is 1.29. The Morgan fingerprint density at radius 3 is 2.32 bits per heavy atom. The van der Waals surface area contributed by atoms with Crippen LogP contribution in [0.2, 0.25) is 0 Å². The maximum atomic E-state index is 13.2. The molecule has 2 saturated carbocycles. The first-order chi connectivity index (χ1) is 13.6. The number of nitrogens with zero attached hydrogens (tertiary/aromatic N) is 2. The summed E-state index contributed by atoms with van der Waals surface area (Å²) in [6, 6.07) is 8.98. The van der Waals surface area contributed by atoms with Crippen molar-refractivity contribution in [1.82, 2.24) is 15.1 Å². The molecule has 5 rings (SSSR count). The molecule has 0 bridgehead atoms. The predicted molar refractivity (Wildman–Crippen MR) is 108 cm³/mol. The number of rotatable bonds is 6. The minimum Gasteiger partial charge on any atom is -0.353 e. The molecule has 5 nitrogen and oxygen atoms in total. The molecular formula is C23H31N3O2. The lowest BCUT2D eigenvalue weighted by molar-refractivity contribution is -0.140. The summed E-state index contributed by atoms with van der Waals surface area (Å²) in [5.74, 6) is 1.56. The van der Waals surface area contributed by atoms with Gasteiger partial charge in [0.2, 0.25) is 11.8 Å². The fourth-order valence-electron chi connectivity index (χ4n) is 5.52. The molecule has 28 heavy (non-hydrogen) atoms. The Bertz CT molecular complexity index is 734. The Labute approximate surface area is 167 Å². The van der Waals surface area contributed by atoms with Crippen molar-refractivity contribution in [2.24, 2.45) is 11.8 Å². The van der Waals surface area contributed by atoms with Crippen LogP contribution in [-0.4, -0.2) is 59.9 Å². The van der Waals surface area contributed by atoms with E-state index in [1.165, 1.54) is 36.8 Å². The highest BCUT2D eigenvalue weighted by atomic mass is 16.2. The van der Waals surface area contributed by atoms with Crippen LogP contribution in [0.1, 0.15) is 43.2 Å². The zero-order valence-electron chi connectivity index (χ0n) is 16.8. The quantitative estimate of drug-likeness (QED) is 0.820. The SMILES string of the molecule is CN(C(=O)CC1C(=O)NCCN1C1Cc2ccccc2C1)C(C1CC1)C1CC1. The van der Waals surface area contributed by atoms with Gasteiger partial charge in [-0.15, -0.1) is 0 Å². The largest absolute Gasteiger partial charge is 0.353 e. The number of carbonyl (C=O) groups excluding carboxylic acids is 2. The normalized spacial score (nSPS) is 25.6. The first-order valence-corrected chi connectivity index (χ1v) is 11.0. The van der Waals surface area contributed by atoms with Gasteiger partial charge in [-0.3, -0.25) is 14.5 Å². The number of nitrogens with one attached hydrogen (secondary N) is 1. The van der Waals surface area contributed by atoms with E-state index < -0.39 is 0 Å². The molecule has 4 aliphatic rings. The number of piperazine rings is 1. The van der Waals surface area contributed by atoms with E-state index in [2.05, 4.69) is 34.5 Å². The lowest BCUT2D eigenvalue weighted by atomic mass is 10.0. The Hall–Kier alpha value is -1.88. The maximum absolute atomic E-state index is 13.2. The van der Waals surface area contributed by atoms with Crippen molar-refractivity contribution in [1.29, 1.82) is 0 Å². The van der Waals surface area contributed by atoms with Gasteiger partial charge in [-0.2, -0.15) is 0 Å². The minimum absolute atomic E-state index is 0.0263. The molecule has 1 atom stereocenters. The average Bonchev–Trinajstić information content (AvgIpc) is 3.63. The van der Waals surface area contributed by atoms with Crippen molar-refractivity contribution in [2.45, 2.75) is 63.1 Å². The number of carbonyl (C=O) groups is 2. The third-order valence-electron chi connectivity index (χ3n) is 7.29. The highest BCUT2D eigenvalue weighted by Gasteiger charge is 2.46. The molecule has 3 fully saturated rings. The van der Waals surface area contributed by atoms with Crippen LogP contribution >= 0.6 is 0 Å². The second kappa shape index (κ2) is 7.18. The second-order valence-electron chi connectivity index (χ2n) is 9.25. The van der Waals surface area contributed by atoms with Crippen molar-refractivity contribution in [3.63, 3.8) is 0 Å². The molecule has 1 heterocycles. The van der Waals surface area contributed by atoms with Crippen molar-refractivity contribution < 1.29 is 9.59 Å². The van der Waals surface area contributed by atoms with Gasteiger partial charge in [-0.05, 0) is 61.5 Å². The van der Waals surface area contributed by atoms with Gasteiger partial charge < -0.3 is 10.2 Å². The third kappa shape index (κ3) is 3.45. The molecular weight excluding hydrogens is 350 g/mol. The molecule has 5 heteroatoms.